The molecule has 1 heterocycles. The minimum absolute atomic E-state index is 0.0586. The first-order valence-electron chi connectivity index (χ1n) is 14.3. The second-order valence-electron chi connectivity index (χ2n) is 11.6. The van der Waals surface area contributed by atoms with E-state index in [1.165, 1.54) is 30.5 Å². The van der Waals surface area contributed by atoms with Gasteiger partial charge in [0.25, 0.3) is 0 Å². The van der Waals surface area contributed by atoms with Crippen molar-refractivity contribution in [1.82, 2.24) is 9.62 Å². The van der Waals surface area contributed by atoms with Gasteiger partial charge in [0.15, 0.2) is 0 Å². The first-order valence-corrected chi connectivity index (χ1v) is 15.7. The molecule has 2 N–H and O–H groups in total. The summed E-state index contributed by atoms with van der Waals surface area (Å²) in [6, 6.07) is 14.6. The zero-order chi connectivity index (χ0) is 30.8. The highest BCUT2D eigenvalue weighted by atomic mass is 32.2. The number of nitrogens with zero attached hydrogens (tertiary/aromatic N) is 1. The highest BCUT2D eigenvalue weighted by Gasteiger charge is 2.35. The van der Waals surface area contributed by atoms with Crippen LogP contribution in [0.15, 0.2) is 59.5 Å². The van der Waals surface area contributed by atoms with Gasteiger partial charge in [0.1, 0.15) is 17.6 Å². The number of aliphatic hydroxyl groups excluding tert-OH is 1. The van der Waals surface area contributed by atoms with Crippen LogP contribution in [0.25, 0.3) is 0 Å². The van der Waals surface area contributed by atoms with Gasteiger partial charge in [0, 0.05) is 25.9 Å². The van der Waals surface area contributed by atoms with Crippen molar-refractivity contribution >= 4 is 21.9 Å². The van der Waals surface area contributed by atoms with E-state index < -0.39 is 33.7 Å². The number of hydrogen-bond donors (Lipinski definition) is 2. The molecular formula is C31H44N2O8S. The Balaban J connectivity index is 1.87. The third-order valence-corrected chi connectivity index (χ3v) is 9.13. The molecule has 1 aliphatic rings. The fourth-order valence-electron chi connectivity index (χ4n) is 4.95. The molecule has 0 aromatic heterocycles. The summed E-state index contributed by atoms with van der Waals surface area (Å²) in [5.74, 6) is 0.596. The molecule has 0 spiro atoms. The molecule has 232 valence electrons. The molecule has 0 bridgehead atoms. The number of Topliss-reactive ketones (excluding diaryl/α,β-unsaturated/α-hetero) is 1. The van der Waals surface area contributed by atoms with Crippen LogP contribution in [0.1, 0.15) is 52.0 Å². The Morgan fingerprint density at radius 3 is 2.43 bits per heavy atom. The number of alkyl carbamates (subject to hydrolysis) is 1. The van der Waals surface area contributed by atoms with Crippen molar-refractivity contribution < 1.29 is 37.3 Å². The molecule has 2 aromatic rings. The quantitative estimate of drug-likeness (QED) is 0.294. The molecule has 10 nitrogen and oxygen atoms in total. The molecule has 0 saturated carbocycles. The van der Waals surface area contributed by atoms with Crippen LogP contribution in [-0.2, 0) is 30.7 Å². The van der Waals surface area contributed by atoms with Crippen LogP contribution in [0, 0.1) is 5.41 Å². The predicted octanol–water partition coefficient (Wildman–Crippen LogP) is 3.96. The number of rotatable bonds is 16. The van der Waals surface area contributed by atoms with E-state index in [-0.39, 0.29) is 36.3 Å². The number of nitrogens with one attached hydrogen (secondary N) is 1. The maximum Gasteiger partial charge on any atom is 0.407 e. The lowest BCUT2D eigenvalue weighted by Gasteiger charge is -2.35. The van der Waals surface area contributed by atoms with Gasteiger partial charge in [-0.15, -0.1) is 0 Å². The maximum absolute atomic E-state index is 14.0. The zero-order valence-electron chi connectivity index (χ0n) is 25.0. The Hall–Kier alpha value is -2.99. The van der Waals surface area contributed by atoms with Crippen LogP contribution < -0.4 is 10.1 Å². The van der Waals surface area contributed by atoms with Gasteiger partial charge >= 0.3 is 6.09 Å². The number of amides is 1. The molecule has 0 radical (unpaired) electrons. The number of methoxy groups -OCH3 is 1. The first kappa shape index (κ1) is 33.5. The van der Waals surface area contributed by atoms with Gasteiger partial charge in [-0.3, -0.25) is 0 Å². The lowest BCUT2D eigenvalue weighted by molar-refractivity contribution is -0.117. The smallest absolute Gasteiger partial charge is 0.407 e. The van der Waals surface area contributed by atoms with E-state index in [0.717, 1.165) is 5.56 Å². The molecule has 3 rings (SSSR count). The minimum atomic E-state index is -4.06. The topological polar surface area (TPSA) is 131 Å². The van der Waals surface area contributed by atoms with Gasteiger partial charge in [-0.1, -0.05) is 44.2 Å². The summed E-state index contributed by atoms with van der Waals surface area (Å²) in [5, 5.41) is 14.3. The van der Waals surface area contributed by atoms with E-state index >= 15 is 0 Å². The van der Waals surface area contributed by atoms with Crippen molar-refractivity contribution in [3.8, 4) is 5.75 Å². The van der Waals surface area contributed by atoms with Crippen LogP contribution in [0.5, 0.6) is 5.75 Å². The summed E-state index contributed by atoms with van der Waals surface area (Å²) in [7, 11) is -2.56. The van der Waals surface area contributed by atoms with E-state index in [4.69, 9.17) is 14.2 Å². The third-order valence-electron chi connectivity index (χ3n) is 7.30. The number of carbonyl (C=O) groups excluding carboxylic acids is 2. The highest BCUT2D eigenvalue weighted by Crippen LogP contribution is 2.29. The number of aliphatic hydroxyl groups is 1. The number of hydrogen-bond acceptors (Lipinski definition) is 8. The molecule has 1 aliphatic heterocycles. The molecule has 2 unspecified atom stereocenters. The van der Waals surface area contributed by atoms with Crippen LogP contribution in [0.3, 0.4) is 0 Å². The Morgan fingerprint density at radius 1 is 1.14 bits per heavy atom. The van der Waals surface area contributed by atoms with Crippen molar-refractivity contribution in [1.29, 1.82) is 0 Å². The van der Waals surface area contributed by atoms with Gasteiger partial charge in [-0.2, -0.15) is 4.31 Å². The fourth-order valence-corrected chi connectivity index (χ4v) is 6.59. The highest BCUT2D eigenvalue weighted by molar-refractivity contribution is 7.89. The Bertz CT molecular complexity index is 1250. The average molecular weight is 605 g/mol. The van der Waals surface area contributed by atoms with Crippen molar-refractivity contribution in [3.05, 3.63) is 60.2 Å². The van der Waals surface area contributed by atoms with E-state index in [0.29, 0.717) is 44.6 Å². The van der Waals surface area contributed by atoms with E-state index in [2.05, 4.69) is 5.32 Å². The normalized spacial score (nSPS) is 17.0. The van der Waals surface area contributed by atoms with Crippen LogP contribution in [0.2, 0.25) is 0 Å². The van der Waals surface area contributed by atoms with Gasteiger partial charge in [-0.05, 0) is 61.4 Å². The lowest BCUT2D eigenvalue weighted by atomic mass is 9.86. The average Bonchev–Trinajstić information content (AvgIpc) is 3.45. The third kappa shape index (κ3) is 10.4. The summed E-state index contributed by atoms with van der Waals surface area (Å²) in [4.78, 5) is 24.4. The summed E-state index contributed by atoms with van der Waals surface area (Å²) in [6.07, 6.45) is 0.159. The van der Waals surface area contributed by atoms with Gasteiger partial charge in [0.2, 0.25) is 10.0 Å². The first-order chi connectivity index (χ1) is 19.9. The molecular weight excluding hydrogens is 560 g/mol. The van der Waals surface area contributed by atoms with Crippen molar-refractivity contribution in [2.24, 2.45) is 5.41 Å². The summed E-state index contributed by atoms with van der Waals surface area (Å²) in [5.41, 5.74) is 0.360. The number of ketones is 1. The monoisotopic (exact) mass is 604 g/mol. The molecule has 2 aromatic carbocycles. The molecule has 0 aliphatic carbocycles. The molecule has 42 heavy (non-hydrogen) atoms. The summed E-state index contributed by atoms with van der Waals surface area (Å²) < 4.78 is 45.1. The number of benzene rings is 2. The Morgan fingerprint density at radius 2 is 1.83 bits per heavy atom. The number of sulfonamides is 1. The fraction of sp³-hybridized carbons (Fsp3) is 0.548. The van der Waals surface area contributed by atoms with Crippen LogP contribution >= 0.6 is 0 Å². The number of ether oxygens (including phenoxy) is 3. The van der Waals surface area contributed by atoms with Crippen molar-refractivity contribution in [3.63, 3.8) is 0 Å². The summed E-state index contributed by atoms with van der Waals surface area (Å²) in [6.45, 7) is 6.06. The van der Waals surface area contributed by atoms with Gasteiger partial charge in [-0.25, -0.2) is 13.2 Å². The van der Waals surface area contributed by atoms with E-state index in [9.17, 15) is 23.1 Å². The Kier molecular flexibility index (Phi) is 12.3. The minimum Gasteiger partial charge on any atom is -0.497 e. The molecule has 1 amide bonds. The van der Waals surface area contributed by atoms with Gasteiger partial charge in [0.05, 0.1) is 37.4 Å². The largest absolute Gasteiger partial charge is 0.497 e. The van der Waals surface area contributed by atoms with Crippen molar-refractivity contribution in [2.45, 2.75) is 76.0 Å². The van der Waals surface area contributed by atoms with Crippen molar-refractivity contribution in [2.75, 3.05) is 33.4 Å². The zero-order valence-corrected chi connectivity index (χ0v) is 25.8. The SMILES string of the molecule is COc1ccc(S(=O)(=O)N(CC(O)[C@H](Cc2ccccc2)NC(=O)OC2CCOC2)CC(C)(C)CCCC(C)=O)cc1. The molecule has 11 heteroatoms. The molecule has 1 saturated heterocycles. The van der Waals surface area contributed by atoms with Crippen LogP contribution in [-0.4, -0.2) is 81.4 Å². The lowest BCUT2D eigenvalue weighted by Crippen LogP contribution is -2.52. The standard InChI is InChI=1S/C31H44N2O8S/c1-23(34)9-8-17-31(2,3)22-33(42(37,38)27-14-12-25(39-4)13-15-27)20-29(35)28(19-24-10-6-5-7-11-24)32-30(36)41-26-16-18-40-21-26/h5-7,10-15,26,28-29,35H,8-9,16-22H2,1-4H3,(H,32,36)/t26?,28-,29?/m0/s1. The Labute approximate surface area is 249 Å². The van der Waals surface area contributed by atoms with E-state index in [1.807, 2.05) is 44.2 Å². The van der Waals surface area contributed by atoms with E-state index in [1.54, 1.807) is 12.1 Å². The second kappa shape index (κ2) is 15.5. The number of carbonyl (C=O) groups is 2. The maximum atomic E-state index is 14.0. The molecule has 3 atom stereocenters. The predicted molar refractivity (Wildman–Crippen MR) is 159 cm³/mol. The summed E-state index contributed by atoms with van der Waals surface area (Å²) >= 11 is 0. The second-order valence-corrected chi connectivity index (χ2v) is 13.5. The molecule has 1 fully saturated rings. The van der Waals surface area contributed by atoms with Gasteiger partial charge < -0.3 is 29.4 Å². The van der Waals surface area contributed by atoms with Crippen LogP contribution in [0.4, 0.5) is 4.79 Å².